The van der Waals surface area contributed by atoms with Crippen LogP contribution in [0.5, 0.6) is 5.88 Å². The summed E-state index contributed by atoms with van der Waals surface area (Å²) < 4.78 is 6.85. The third-order valence-corrected chi connectivity index (χ3v) is 3.48. The lowest BCUT2D eigenvalue weighted by molar-refractivity contribution is 0.102. The summed E-state index contributed by atoms with van der Waals surface area (Å²) in [5.74, 6) is 0.519. The molecular formula is C17H17N5O2. The van der Waals surface area contributed by atoms with Crippen LogP contribution in [-0.2, 0) is 0 Å². The average molecular weight is 323 g/mol. The molecule has 1 N–H and O–H groups in total. The van der Waals surface area contributed by atoms with Gasteiger partial charge in [0.1, 0.15) is 12.1 Å². The second-order valence-electron chi connectivity index (χ2n) is 5.29. The Morgan fingerprint density at radius 2 is 1.88 bits per heavy atom. The summed E-state index contributed by atoms with van der Waals surface area (Å²) in [5, 5.41) is 7.14. The highest BCUT2D eigenvalue weighted by molar-refractivity contribution is 6.03. The minimum Gasteiger partial charge on any atom is -0.481 e. The van der Waals surface area contributed by atoms with Crippen LogP contribution in [-0.4, -0.2) is 32.8 Å². The van der Waals surface area contributed by atoms with Crippen molar-refractivity contribution >= 4 is 11.7 Å². The van der Waals surface area contributed by atoms with Crippen LogP contribution < -0.4 is 10.1 Å². The number of aryl methyl sites for hydroxylation is 2. The second kappa shape index (κ2) is 6.49. The van der Waals surface area contributed by atoms with Crippen molar-refractivity contribution in [2.45, 2.75) is 13.8 Å². The molecular weight excluding hydrogens is 306 g/mol. The Kier molecular flexibility index (Phi) is 4.24. The van der Waals surface area contributed by atoms with Gasteiger partial charge in [0, 0.05) is 17.3 Å². The van der Waals surface area contributed by atoms with Crippen LogP contribution in [0, 0.1) is 13.8 Å². The Labute approximate surface area is 139 Å². The van der Waals surface area contributed by atoms with Gasteiger partial charge in [0.15, 0.2) is 0 Å². The molecule has 1 aromatic carbocycles. The van der Waals surface area contributed by atoms with E-state index in [2.05, 4.69) is 20.4 Å². The normalized spacial score (nSPS) is 10.5. The number of anilines is 1. The number of carbonyl (C=O) groups excluding carboxylic acids is 1. The molecule has 0 saturated heterocycles. The zero-order chi connectivity index (χ0) is 17.1. The largest absolute Gasteiger partial charge is 0.481 e. The average Bonchev–Trinajstić information content (AvgIpc) is 2.93. The predicted octanol–water partition coefficient (Wildman–Crippen LogP) is 2.54. The first-order valence-corrected chi connectivity index (χ1v) is 7.38. The van der Waals surface area contributed by atoms with E-state index in [1.54, 1.807) is 18.2 Å². The summed E-state index contributed by atoms with van der Waals surface area (Å²) in [6, 6.07) is 10.8. The molecule has 0 saturated carbocycles. The van der Waals surface area contributed by atoms with Crippen molar-refractivity contribution in [1.29, 1.82) is 0 Å². The van der Waals surface area contributed by atoms with E-state index < -0.39 is 0 Å². The summed E-state index contributed by atoms with van der Waals surface area (Å²) in [4.78, 5) is 20.2. The third-order valence-electron chi connectivity index (χ3n) is 3.48. The molecule has 3 rings (SSSR count). The molecule has 122 valence electrons. The Balaban J connectivity index is 1.77. The van der Waals surface area contributed by atoms with Gasteiger partial charge < -0.3 is 10.1 Å². The number of nitrogens with zero attached hydrogens (tertiary/aromatic N) is 4. The third kappa shape index (κ3) is 3.24. The lowest BCUT2D eigenvalue weighted by Gasteiger charge is -2.07. The van der Waals surface area contributed by atoms with Gasteiger partial charge in [0.25, 0.3) is 5.91 Å². The van der Waals surface area contributed by atoms with Gasteiger partial charge >= 0.3 is 0 Å². The molecule has 0 atom stereocenters. The molecule has 24 heavy (non-hydrogen) atoms. The van der Waals surface area contributed by atoms with Crippen LogP contribution in [0.2, 0.25) is 0 Å². The Morgan fingerprint density at radius 3 is 2.50 bits per heavy atom. The van der Waals surface area contributed by atoms with Gasteiger partial charge in [-0.3, -0.25) is 4.79 Å². The van der Waals surface area contributed by atoms with E-state index >= 15 is 0 Å². The molecule has 2 aromatic heterocycles. The van der Waals surface area contributed by atoms with Crippen molar-refractivity contribution in [3.63, 3.8) is 0 Å². The molecule has 0 unspecified atom stereocenters. The number of methoxy groups -OCH3 is 1. The molecule has 0 spiro atoms. The van der Waals surface area contributed by atoms with Gasteiger partial charge in [-0.2, -0.15) is 5.10 Å². The molecule has 3 aromatic rings. The SMILES string of the molecule is COc1cc(NC(=O)c2ccc(-n3nc(C)cc3C)cc2)ncn1. The van der Waals surface area contributed by atoms with Gasteiger partial charge in [0.2, 0.25) is 5.88 Å². The molecule has 0 radical (unpaired) electrons. The number of ether oxygens (including phenoxy) is 1. The maximum absolute atomic E-state index is 12.3. The van der Waals surface area contributed by atoms with Gasteiger partial charge in [-0.15, -0.1) is 0 Å². The summed E-state index contributed by atoms with van der Waals surface area (Å²) in [6.07, 6.45) is 1.33. The van der Waals surface area contributed by atoms with Crippen molar-refractivity contribution in [3.8, 4) is 11.6 Å². The van der Waals surface area contributed by atoms with E-state index in [-0.39, 0.29) is 5.91 Å². The van der Waals surface area contributed by atoms with Gasteiger partial charge in [-0.25, -0.2) is 14.6 Å². The van der Waals surface area contributed by atoms with Gasteiger partial charge in [-0.05, 0) is 44.2 Å². The number of benzene rings is 1. The highest BCUT2D eigenvalue weighted by atomic mass is 16.5. The molecule has 2 heterocycles. The van der Waals surface area contributed by atoms with Crippen LogP contribution >= 0.6 is 0 Å². The number of hydrogen-bond acceptors (Lipinski definition) is 5. The van der Waals surface area contributed by atoms with Crippen LogP contribution in [0.15, 0.2) is 42.7 Å². The number of nitrogens with one attached hydrogen (secondary N) is 1. The van der Waals surface area contributed by atoms with Crippen LogP contribution in [0.25, 0.3) is 5.69 Å². The molecule has 1 amide bonds. The number of aromatic nitrogens is 4. The summed E-state index contributed by atoms with van der Waals surface area (Å²) in [7, 11) is 1.51. The van der Waals surface area contributed by atoms with Crippen molar-refractivity contribution in [2.75, 3.05) is 12.4 Å². The van der Waals surface area contributed by atoms with E-state index in [4.69, 9.17) is 4.74 Å². The fourth-order valence-electron chi connectivity index (χ4n) is 2.35. The van der Waals surface area contributed by atoms with E-state index in [9.17, 15) is 4.79 Å². The molecule has 0 aliphatic carbocycles. The van der Waals surface area contributed by atoms with E-state index in [0.717, 1.165) is 17.1 Å². The van der Waals surface area contributed by atoms with E-state index in [1.807, 2.05) is 36.7 Å². The van der Waals surface area contributed by atoms with Crippen molar-refractivity contribution in [2.24, 2.45) is 0 Å². The standard InChI is InChI=1S/C17H17N5O2/c1-11-8-12(2)22(21-11)14-6-4-13(5-7-14)17(23)20-15-9-16(24-3)19-10-18-15/h4-10H,1-3H3,(H,18,19,20,23). The zero-order valence-corrected chi connectivity index (χ0v) is 13.6. The first-order chi connectivity index (χ1) is 11.6. The zero-order valence-electron chi connectivity index (χ0n) is 13.6. The molecule has 0 aliphatic heterocycles. The molecule has 0 bridgehead atoms. The Morgan fingerprint density at radius 1 is 1.12 bits per heavy atom. The minimum absolute atomic E-state index is 0.254. The molecule has 0 fully saturated rings. The fourth-order valence-corrected chi connectivity index (χ4v) is 2.35. The van der Waals surface area contributed by atoms with Crippen molar-refractivity contribution in [1.82, 2.24) is 19.7 Å². The van der Waals surface area contributed by atoms with Crippen molar-refractivity contribution in [3.05, 3.63) is 59.7 Å². The lowest BCUT2D eigenvalue weighted by Crippen LogP contribution is -2.13. The maximum atomic E-state index is 12.3. The first kappa shape index (κ1) is 15.7. The Bertz CT molecular complexity index is 871. The summed E-state index contributed by atoms with van der Waals surface area (Å²) >= 11 is 0. The second-order valence-corrected chi connectivity index (χ2v) is 5.29. The number of rotatable bonds is 4. The van der Waals surface area contributed by atoms with Gasteiger partial charge in [-0.1, -0.05) is 0 Å². The topological polar surface area (TPSA) is 81.9 Å². The number of amides is 1. The Hall–Kier alpha value is -3.22. The quantitative estimate of drug-likeness (QED) is 0.798. The summed E-state index contributed by atoms with van der Waals surface area (Å²) in [6.45, 7) is 3.93. The van der Waals surface area contributed by atoms with Gasteiger partial charge in [0.05, 0.1) is 18.5 Å². The van der Waals surface area contributed by atoms with Crippen LogP contribution in [0.3, 0.4) is 0 Å². The highest BCUT2D eigenvalue weighted by Gasteiger charge is 2.09. The van der Waals surface area contributed by atoms with E-state index in [0.29, 0.717) is 17.3 Å². The molecule has 7 heteroatoms. The maximum Gasteiger partial charge on any atom is 0.256 e. The predicted molar refractivity (Wildman–Crippen MR) is 89.6 cm³/mol. The monoisotopic (exact) mass is 323 g/mol. The van der Waals surface area contributed by atoms with Crippen LogP contribution in [0.1, 0.15) is 21.7 Å². The fraction of sp³-hybridized carbons (Fsp3) is 0.176. The molecule has 7 nitrogen and oxygen atoms in total. The first-order valence-electron chi connectivity index (χ1n) is 7.38. The smallest absolute Gasteiger partial charge is 0.256 e. The highest BCUT2D eigenvalue weighted by Crippen LogP contribution is 2.15. The minimum atomic E-state index is -0.254. The summed E-state index contributed by atoms with van der Waals surface area (Å²) in [5.41, 5.74) is 3.42. The number of hydrogen-bond donors (Lipinski definition) is 1. The molecule has 0 aliphatic rings. The van der Waals surface area contributed by atoms with Crippen molar-refractivity contribution < 1.29 is 9.53 Å². The van der Waals surface area contributed by atoms with E-state index in [1.165, 1.54) is 13.4 Å². The number of carbonyl (C=O) groups is 1. The lowest BCUT2D eigenvalue weighted by atomic mass is 10.2. The van der Waals surface area contributed by atoms with Crippen LogP contribution in [0.4, 0.5) is 5.82 Å².